The van der Waals surface area contributed by atoms with Crippen LogP contribution in [0.4, 0.5) is 13.2 Å². The third-order valence-electron chi connectivity index (χ3n) is 4.74. The van der Waals surface area contributed by atoms with Crippen LogP contribution in [-0.4, -0.2) is 31.9 Å². The average molecular weight is 420 g/mol. The van der Waals surface area contributed by atoms with Gasteiger partial charge in [-0.2, -0.15) is 13.2 Å². The van der Waals surface area contributed by atoms with Crippen molar-refractivity contribution in [2.75, 3.05) is 7.11 Å². The summed E-state index contributed by atoms with van der Waals surface area (Å²) in [6.45, 7) is 0. The van der Waals surface area contributed by atoms with Crippen LogP contribution in [0.15, 0.2) is 41.6 Å². The fourth-order valence-corrected chi connectivity index (χ4v) is 5.51. The van der Waals surface area contributed by atoms with Crippen molar-refractivity contribution in [1.29, 1.82) is 0 Å². The fraction of sp³-hybridized carbons (Fsp3) is 0.389. The number of pyridine rings is 1. The Kier molecular flexibility index (Phi) is 5.52. The highest BCUT2D eigenvalue weighted by molar-refractivity contribution is 7.92. The SMILES string of the molecule is COC1CCC(S(=O)(=O)c2ccc(-c3cncc(Cl)c3)cc2C(F)(F)F)C1. The number of sulfone groups is 1. The van der Waals surface area contributed by atoms with Crippen LogP contribution in [0.2, 0.25) is 5.02 Å². The molecule has 2 atom stereocenters. The summed E-state index contributed by atoms with van der Waals surface area (Å²) in [4.78, 5) is 3.16. The molecule has 0 N–H and O–H groups in total. The fourth-order valence-electron chi connectivity index (χ4n) is 3.33. The van der Waals surface area contributed by atoms with Crippen LogP contribution in [-0.2, 0) is 20.8 Å². The van der Waals surface area contributed by atoms with Crippen LogP contribution in [0.3, 0.4) is 0 Å². The third-order valence-corrected chi connectivity index (χ3v) is 7.22. The van der Waals surface area contributed by atoms with Crippen LogP contribution in [0.1, 0.15) is 24.8 Å². The number of aromatic nitrogens is 1. The Labute approximate surface area is 160 Å². The quantitative estimate of drug-likeness (QED) is 0.716. The molecular weight excluding hydrogens is 403 g/mol. The van der Waals surface area contributed by atoms with E-state index in [1.165, 1.54) is 31.6 Å². The van der Waals surface area contributed by atoms with Crippen molar-refractivity contribution < 1.29 is 26.3 Å². The predicted octanol–water partition coefficient (Wildman–Crippen LogP) is 4.76. The summed E-state index contributed by atoms with van der Waals surface area (Å²) in [6, 6.07) is 4.67. The molecule has 9 heteroatoms. The number of methoxy groups -OCH3 is 1. The lowest BCUT2D eigenvalue weighted by Crippen LogP contribution is -2.23. The van der Waals surface area contributed by atoms with Gasteiger partial charge in [-0.15, -0.1) is 0 Å². The molecule has 0 aliphatic heterocycles. The van der Waals surface area contributed by atoms with Gasteiger partial charge >= 0.3 is 6.18 Å². The first kappa shape index (κ1) is 20.1. The van der Waals surface area contributed by atoms with Gasteiger partial charge in [0.2, 0.25) is 0 Å². The van der Waals surface area contributed by atoms with E-state index in [4.69, 9.17) is 16.3 Å². The predicted molar refractivity (Wildman–Crippen MR) is 95.3 cm³/mol. The van der Waals surface area contributed by atoms with Crippen LogP contribution in [0.25, 0.3) is 11.1 Å². The van der Waals surface area contributed by atoms with E-state index in [0.29, 0.717) is 12.0 Å². The van der Waals surface area contributed by atoms with E-state index in [9.17, 15) is 21.6 Å². The minimum Gasteiger partial charge on any atom is -0.381 e. The van der Waals surface area contributed by atoms with Gasteiger partial charge in [-0.25, -0.2) is 8.42 Å². The van der Waals surface area contributed by atoms with E-state index in [1.807, 2.05) is 0 Å². The Morgan fingerprint density at radius 1 is 1.15 bits per heavy atom. The second kappa shape index (κ2) is 7.41. The molecule has 1 saturated carbocycles. The Morgan fingerprint density at radius 3 is 2.48 bits per heavy atom. The summed E-state index contributed by atoms with van der Waals surface area (Å²) in [5.74, 6) is 0. The van der Waals surface area contributed by atoms with Gasteiger partial charge in [-0.05, 0) is 43.0 Å². The molecule has 0 bridgehead atoms. The maximum absolute atomic E-state index is 13.7. The molecule has 1 fully saturated rings. The molecule has 146 valence electrons. The highest BCUT2D eigenvalue weighted by Gasteiger charge is 2.42. The molecule has 1 aromatic carbocycles. The number of ether oxygens (including phenoxy) is 1. The number of hydrogen-bond donors (Lipinski definition) is 0. The lowest BCUT2D eigenvalue weighted by molar-refractivity contribution is -0.139. The zero-order valence-electron chi connectivity index (χ0n) is 14.3. The van der Waals surface area contributed by atoms with Gasteiger partial charge in [-0.3, -0.25) is 4.98 Å². The highest BCUT2D eigenvalue weighted by Crippen LogP contribution is 2.40. The zero-order valence-corrected chi connectivity index (χ0v) is 15.9. The van der Waals surface area contributed by atoms with E-state index < -0.39 is 31.7 Å². The standard InChI is InChI=1S/C18H17ClF3NO3S/c1-26-14-3-4-15(8-14)27(24,25)17-5-2-11(7-16(17)18(20,21)22)12-6-13(19)10-23-9-12/h2,5-7,9-10,14-15H,3-4,8H2,1H3. The summed E-state index contributed by atoms with van der Waals surface area (Å²) in [5.41, 5.74) is -0.615. The van der Waals surface area contributed by atoms with Crippen LogP contribution in [0, 0.1) is 0 Å². The molecule has 0 spiro atoms. The molecule has 1 aromatic heterocycles. The molecule has 27 heavy (non-hydrogen) atoms. The van der Waals surface area contributed by atoms with Crippen molar-refractivity contribution in [3.05, 3.63) is 47.2 Å². The van der Waals surface area contributed by atoms with Crippen molar-refractivity contribution in [2.45, 2.75) is 41.7 Å². The first-order valence-corrected chi connectivity index (χ1v) is 10.1. The number of benzene rings is 1. The Hall–Kier alpha value is -1.64. The molecule has 0 amide bonds. The summed E-state index contributed by atoms with van der Waals surface area (Å²) < 4.78 is 71.9. The highest BCUT2D eigenvalue weighted by atomic mass is 35.5. The van der Waals surface area contributed by atoms with E-state index in [0.717, 1.165) is 12.1 Å². The molecule has 4 nitrogen and oxygen atoms in total. The molecule has 1 aliphatic rings. The van der Waals surface area contributed by atoms with Crippen LogP contribution in [0.5, 0.6) is 0 Å². The van der Waals surface area contributed by atoms with Crippen molar-refractivity contribution >= 4 is 21.4 Å². The van der Waals surface area contributed by atoms with Gasteiger partial charge in [0.15, 0.2) is 9.84 Å². The Bertz CT molecular complexity index is 947. The first-order valence-electron chi connectivity index (χ1n) is 8.22. The van der Waals surface area contributed by atoms with E-state index in [1.54, 1.807) is 0 Å². The van der Waals surface area contributed by atoms with Crippen LogP contribution < -0.4 is 0 Å². The number of hydrogen-bond acceptors (Lipinski definition) is 4. The third kappa shape index (κ3) is 4.12. The van der Waals surface area contributed by atoms with Crippen molar-refractivity contribution in [3.8, 4) is 11.1 Å². The molecule has 2 unspecified atom stereocenters. The summed E-state index contributed by atoms with van der Waals surface area (Å²) in [5, 5.41) is -0.614. The minimum absolute atomic E-state index is 0.191. The monoisotopic (exact) mass is 419 g/mol. The van der Waals surface area contributed by atoms with E-state index >= 15 is 0 Å². The minimum atomic E-state index is -4.82. The van der Waals surface area contributed by atoms with Gasteiger partial charge in [0.25, 0.3) is 0 Å². The molecule has 0 radical (unpaired) electrons. The van der Waals surface area contributed by atoms with Gasteiger partial charge in [0, 0.05) is 25.1 Å². The van der Waals surface area contributed by atoms with Gasteiger partial charge in [-0.1, -0.05) is 17.7 Å². The lowest BCUT2D eigenvalue weighted by Gasteiger charge is -2.18. The Balaban J connectivity index is 2.08. The van der Waals surface area contributed by atoms with Crippen molar-refractivity contribution in [3.63, 3.8) is 0 Å². The van der Waals surface area contributed by atoms with Crippen molar-refractivity contribution in [2.24, 2.45) is 0 Å². The van der Waals surface area contributed by atoms with Gasteiger partial charge in [0.1, 0.15) is 0 Å². The second-order valence-electron chi connectivity index (χ2n) is 6.44. The topological polar surface area (TPSA) is 56.3 Å². The first-order chi connectivity index (χ1) is 12.6. The average Bonchev–Trinajstić information content (AvgIpc) is 3.10. The zero-order chi connectivity index (χ0) is 19.8. The smallest absolute Gasteiger partial charge is 0.381 e. The summed E-state index contributed by atoms with van der Waals surface area (Å²) in [7, 11) is -2.68. The summed E-state index contributed by atoms with van der Waals surface area (Å²) in [6.07, 6.45) is -1.36. The lowest BCUT2D eigenvalue weighted by atomic mass is 10.0. The number of halogens is 4. The number of alkyl halides is 3. The van der Waals surface area contributed by atoms with E-state index in [2.05, 4.69) is 4.98 Å². The molecular formula is C18H17ClF3NO3S. The maximum atomic E-state index is 13.7. The van der Waals surface area contributed by atoms with Gasteiger partial charge in [0.05, 0.1) is 26.8 Å². The molecule has 1 aliphatic carbocycles. The summed E-state index contributed by atoms with van der Waals surface area (Å²) >= 11 is 5.85. The normalized spacial score (nSPS) is 20.8. The Morgan fingerprint density at radius 2 is 1.89 bits per heavy atom. The number of nitrogens with zero attached hydrogens (tertiary/aromatic N) is 1. The molecule has 3 rings (SSSR count). The largest absolute Gasteiger partial charge is 0.417 e. The van der Waals surface area contributed by atoms with E-state index in [-0.39, 0.29) is 29.5 Å². The molecule has 2 aromatic rings. The molecule has 0 saturated heterocycles. The molecule has 1 heterocycles. The second-order valence-corrected chi connectivity index (χ2v) is 9.07. The maximum Gasteiger partial charge on any atom is 0.417 e. The van der Waals surface area contributed by atoms with Crippen molar-refractivity contribution in [1.82, 2.24) is 4.98 Å². The van der Waals surface area contributed by atoms with Gasteiger partial charge < -0.3 is 4.74 Å². The van der Waals surface area contributed by atoms with Crippen LogP contribution >= 0.6 is 11.6 Å². The number of rotatable bonds is 4.